The average Bonchev–Trinajstić information content (AvgIpc) is 2.38. The Morgan fingerprint density at radius 2 is 1.67 bits per heavy atom. The molecule has 0 aromatic heterocycles. The Morgan fingerprint density at radius 1 is 1.00 bits per heavy atom. The molecule has 0 saturated carbocycles. The maximum Gasteiger partial charge on any atom is 0.240 e. The van der Waals surface area contributed by atoms with Crippen molar-refractivity contribution in [3.8, 4) is 0 Å². The molecule has 1 aromatic carbocycles. The van der Waals surface area contributed by atoms with E-state index in [1.807, 2.05) is 12.1 Å². The number of benzene rings is 1. The van der Waals surface area contributed by atoms with Gasteiger partial charge in [0.2, 0.25) is 10.0 Å². The minimum absolute atomic E-state index is 0.357. The highest BCUT2D eigenvalue weighted by molar-refractivity contribution is 7.89. The van der Waals surface area contributed by atoms with E-state index in [2.05, 4.69) is 18.6 Å². The molecule has 3 nitrogen and oxygen atoms in total. The molecular weight excluding hydrogens is 246 g/mol. The van der Waals surface area contributed by atoms with Crippen molar-refractivity contribution in [3.05, 3.63) is 29.8 Å². The summed E-state index contributed by atoms with van der Waals surface area (Å²) in [4.78, 5) is 0.357. The van der Waals surface area contributed by atoms with Gasteiger partial charge in [0.25, 0.3) is 0 Å². The number of rotatable bonds is 8. The van der Waals surface area contributed by atoms with Gasteiger partial charge in [0.15, 0.2) is 0 Å². The van der Waals surface area contributed by atoms with Crippen LogP contribution in [0.3, 0.4) is 0 Å². The van der Waals surface area contributed by atoms with Crippen LogP contribution in [0.25, 0.3) is 0 Å². The van der Waals surface area contributed by atoms with Gasteiger partial charge < -0.3 is 0 Å². The van der Waals surface area contributed by atoms with Gasteiger partial charge in [0.1, 0.15) is 0 Å². The molecule has 18 heavy (non-hydrogen) atoms. The van der Waals surface area contributed by atoms with Crippen molar-refractivity contribution in [3.63, 3.8) is 0 Å². The van der Waals surface area contributed by atoms with Crippen molar-refractivity contribution in [2.24, 2.45) is 0 Å². The van der Waals surface area contributed by atoms with Crippen LogP contribution >= 0.6 is 0 Å². The smallest absolute Gasteiger partial charge is 0.211 e. The standard InChI is InChI=1S/C14H23NO2S/c1-3-5-6-7-12-15-18(16,17)14-10-8-13(4-2)9-11-14/h8-11,15H,3-7,12H2,1-2H3. The van der Waals surface area contributed by atoms with Gasteiger partial charge in [0.05, 0.1) is 4.90 Å². The molecule has 0 atom stereocenters. The Balaban J connectivity index is 2.51. The Bertz CT molecular complexity index is 437. The monoisotopic (exact) mass is 269 g/mol. The Hall–Kier alpha value is -0.870. The van der Waals surface area contributed by atoms with Crippen molar-refractivity contribution >= 4 is 10.0 Å². The van der Waals surface area contributed by atoms with Gasteiger partial charge in [-0.3, -0.25) is 0 Å². The van der Waals surface area contributed by atoms with E-state index in [1.165, 1.54) is 0 Å². The second-order valence-electron chi connectivity index (χ2n) is 4.46. The first kappa shape index (κ1) is 15.2. The van der Waals surface area contributed by atoms with Crippen LogP contribution in [0.15, 0.2) is 29.2 Å². The molecule has 0 heterocycles. The SMILES string of the molecule is CCCCCCNS(=O)(=O)c1ccc(CC)cc1. The maximum atomic E-state index is 12.0. The second kappa shape index (κ2) is 7.54. The van der Waals surface area contributed by atoms with Crippen LogP contribution in [0.2, 0.25) is 0 Å². The van der Waals surface area contributed by atoms with Gasteiger partial charge in [-0.25, -0.2) is 13.1 Å². The van der Waals surface area contributed by atoms with E-state index in [-0.39, 0.29) is 0 Å². The summed E-state index contributed by atoms with van der Waals surface area (Å²) in [6.45, 7) is 4.72. The first-order valence-electron chi connectivity index (χ1n) is 6.68. The lowest BCUT2D eigenvalue weighted by molar-refractivity contribution is 0.573. The van der Waals surface area contributed by atoms with E-state index in [9.17, 15) is 8.42 Å². The lowest BCUT2D eigenvalue weighted by Gasteiger charge is -2.07. The molecule has 0 saturated heterocycles. The molecular formula is C14H23NO2S. The van der Waals surface area contributed by atoms with Gasteiger partial charge in [-0.05, 0) is 30.5 Å². The predicted octanol–water partition coefficient (Wildman–Crippen LogP) is 3.11. The zero-order valence-corrected chi connectivity index (χ0v) is 12.1. The Labute approximate surface area is 111 Å². The van der Waals surface area contributed by atoms with Gasteiger partial charge in [-0.1, -0.05) is 45.2 Å². The molecule has 1 rings (SSSR count). The van der Waals surface area contributed by atoms with Crippen LogP contribution in [0.4, 0.5) is 0 Å². The molecule has 0 bridgehead atoms. The Morgan fingerprint density at radius 3 is 2.22 bits per heavy atom. The summed E-state index contributed by atoms with van der Waals surface area (Å²) < 4.78 is 26.6. The molecule has 0 unspecified atom stereocenters. The molecule has 1 N–H and O–H groups in total. The summed E-state index contributed by atoms with van der Waals surface area (Å²) in [5.41, 5.74) is 1.15. The van der Waals surface area contributed by atoms with E-state index in [1.54, 1.807) is 12.1 Å². The topological polar surface area (TPSA) is 46.2 Å². The fourth-order valence-corrected chi connectivity index (χ4v) is 2.82. The van der Waals surface area contributed by atoms with E-state index in [0.717, 1.165) is 37.7 Å². The first-order valence-corrected chi connectivity index (χ1v) is 8.17. The Kier molecular flexibility index (Phi) is 6.36. The van der Waals surface area contributed by atoms with Crippen molar-refractivity contribution in [2.75, 3.05) is 6.54 Å². The third-order valence-corrected chi connectivity index (χ3v) is 4.44. The van der Waals surface area contributed by atoms with Gasteiger partial charge in [-0.15, -0.1) is 0 Å². The van der Waals surface area contributed by atoms with Crippen LogP contribution < -0.4 is 4.72 Å². The van der Waals surface area contributed by atoms with E-state index >= 15 is 0 Å². The summed E-state index contributed by atoms with van der Waals surface area (Å²) in [5.74, 6) is 0. The number of aryl methyl sites for hydroxylation is 1. The minimum atomic E-state index is -3.32. The number of nitrogens with one attached hydrogen (secondary N) is 1. The van der Waals surface area contributed by atoms with Gasteiger partial charge in [-0.2, -0.15) is 0 Å². The fourth-order valence-electron chi connectivity index (χ4n) is 1.75. The zero-order valence-electron chi connectivity index (χ0n) is 11.3. The molecule has 0 spiro atoms. The van der Waals surface area contributed by atoms with Crippen LogP contribution in [-0.4, -0.2) is 15.0 Å². The summed E-state index contributed by atoms with van der Waals surface area (Å²) in [6.07, 6.45) is 5.22. The molecule has 4 heteroatoms. The fraction of sp³-hybridized carbons (Fsp3) is 0.571. The molecule has 0 amide bonds. The number of hydrogen-bond acceptors (Lipinski definition) is 2. The highest BCUT2D eigenvalue weighted by Crippen LogP contribution is 2.11. The second-order valence-corrected chi connectivity index (χ2v) is 6.22. The van der Waals surface area contributed by atoms with Crippen molar-refractivity contribution in [1.82, 2.24) is 4.72 Å². The van der Waals surface area contributed by atoms with E-state index in [0.29, 0.717) is 11.4 Å². The minimum Gasteiger partial charge on any atom is -0.211 e. The molecule has 1 aromatic rings. The van der Waals surface area contributed by atoms with Crippen LogP contribution in [0, 0.1) is 0 Å². The third kappa shape index (κ3) is 4.78. The molecule has 102 valence electrons. The summed E-state index contributed by atoms with van der Waals surface area (Å²) in [5, 5.41) is 0. The molecule has 0 aliphatic rings. The van der Waals surface area contributed by atoms with Crippen LogP contribution in [0.5, 0.6) is 0 Å². The summed E-state index contributed by atoms with van der Waals surface area (Å²) in [7, 11) is -3.32. The number of unbranched alkanes of at least 4 members (excludes halogenated alkanes) is 3. The number of hydrogen-bond donors (Lipinski definition) is 1. The first-order chi connectivity index (χ1) is 8.60. The van der Waals surface area contributed by atoms with Crippen molar-refractivity contribution in [1.29, 1.82) is 0 Å². The largest absolute Gasteiger partial charge is 0.240 e. The van der Waals surface area contributed by atoms with Crippen molar-refractivity contribution < 1.29 is 8.42 Å². The average molecular weight is 269 g/mol. The molecule has 0 fully saturated rings. The predicted molar refractivity (Wildman–Crippen MR) is 75.2 cm³/mol. The lowest BCUT2D eigenvalue weighted by atomic mass is 10.2. The third-order valence-electron chi connectivity index (χ3n) is 2.96. The normalized spacial score (nSPS) is 11.7. The van der Waals surface area contributed by atoms with Crippen LogP contribution in [-0.2, 0) is 16.4 Å². The summed E-state index contributed by atoms with van der Waals surface area (Å²) in [6, 6.07) is 7.08. The zero-order chi connectivity index (χ0) is 13.4. The van der Waals surface area contributed by atoms with Gasteiger partial charge in [0, 0.05) is 6.54 Å². The highest BCUT2D eigenvalue weighted by Gasteiger charge is 2.12. The maximum absolute atomic E-state index is 12.0. The van der Waals surface area contributed by atoms with Gasteiger partial charge >= 0.3 is 0 Å². The van der Waals surface area contributed by atoms with E-state index in [4.69, 9.17) is 0 Å². The van der Waals surface area contributed by atoms with E-state index < -0.39 is 10.0 Å². The molecule has 0 aliphatic heterocycles. The summed E-state index contributed by atoms with van der Waals surface area (Å²) >= 11 is 0. The lowest BCUT2D eigenvalue weighted by Crippen LogP contribution is -2.24. The quantitative estimate of drug-likeness (QED) is 0.737. The number of sulfonamides is 1. The van der Waals surface area contributed by atoms with Crippen molar-refractivity contribution in [2.45, 2.75) is 50.8 Å². The molecule has 0 aliphatic carbocycles. The molecule has 0 radical (unpaired) electrons. The van der Waals surface area contributed by atoms with Crippen LogP contribution in [0.1, 0.15) is 45.1 Å². The highest BCUT2D eigenvalue weighted by atomic mass is 32.2.